The maximum absolute atomic E-state index is 13.2. The molecule has 0 aromatic rings. The molecule has 6 heterocycles. The first-order valence-electron chi connectivity index (χ1n) is 26.7. The maximum atomic E-state index is 13.2. The van der Waals surface area contributed by atoms with Gasteiger partial charge in [-0.05, 0) is 0 Å². The summed E-state index contributed by atoms with van der Waals surface area (Å²) in [5.74, 6) is -5.92. The van der Waals surface area contributed by atoms with Gasteiger partial charge < -0.3 is 136 Å². The van der Waals surface area contributed by atoms with Crippen LogP contribution in [0.25, 0.3) is 0 Å². The largest absolute Gasteiger partial charge is 0.394 e. The van der Waals surface area contributed by atoms with Crippen molar-refractivity contribution in [3.63, 3.8) is 0 Å². The standard InChI is InChI=1S/C48H75N7O29/c1-16(61)50-29-36(71)40(21(12-57)76-44(29)75)81-46-31(51-17(2)62)38(73)42(23(14-59)78-46)83-48-33(53-19(4)64)39(74)43(24(15-60)80-48)84-47-32(52-18(3)63)37(72)41(22(13-58)79-47)82-45-30(35(70)34(69)20(11-56)77-45)54-26(66)7-9-49-25(65)8-10-55-27(67)5-6-28(55)68/h5-6,20-24,29-48,56-60,69-75H,7-15H2,1-4H3,(H,49,65)(H,50,61)(H,51,62)(H,52,63)(H,53,64)(H,54,66)/t20-,21-,22-,23-,24-,29-,30-,31-,32-,33-,34-,35-,36-,37-,38-,39-,40?,41?,42?,43?,44?,45+,46+,47+,48+/m1/s1. The van der Waals surface area contributed by atoms with Crippen molar-refractivity contribution in [1.82, 2.24) is 36.8 Å². The predicted molar refractivity (Wildman–Crippen MR) is 267 cm³/mol. The highest BCUT2D eigenvalue weighted by Crippen LogP contribution is 2.36. The fraction of sp³-hybridized carbons (Fsp3) is 0.792. The lowest BCUT2D eigenvalue weighted by molar-refractivity contribution is -0.367. The second-order valence-electron chi connectivity index (χ2n) is 20.5. The van der Waals surface area contributed by atoms with Gasteiger partial charge in [-0.15, -0.1) is 0 Å². The highest BCUT2D eigenvalue weighted by atomic mass is 16.8. The molecule has 5 saturated heterocycles. The Hall–Kier alpha value is -5.14. The normalized spacial score (nSPS) is 39.7. The van der Waals surface area contributed by atoms with Gasteiger partial charge in [0, 0.05) is 65.8 Å². The van der Waals surface area contributed by atoms with Crippen molar-refractivity contribution < 1.29 is 142 Å². The number of hydrogen-bond donors (Lipinski definition) is 18. The van der Waals surface area contributed by atoms with Gasteiger partial charge in [0.25, 0.3) is 11.8 Å². The van der Waals surface area contributed by atoms with Crippen LogP contribution < -0.4 is 31.9 Å². The Labute approximate surface area is 477 Å². The van der Waals surface area contributed by atoms with E-state index in [1.54, 1.807) is 0 Å². The number of imide groups is 1. The molecule has 36 heteroatoms. The monoisotopic (exact) mass is 1210 g/mol. The van der Waals surface area contributed by atoms with Crippen LogP contribution in [0.15, 0.2) is 12.2 Å². The fourth-order valence-electron chi connectivity index (χ4n) is 10.4. The number of aliphatic hydroxyl groups is 12. The summed E-state index contributed by atoms with van der Waals surface area (Å²) in [6.07, 6.45) is -35.2. The molecule has 0 aromatic heterocycles. The summed E-state index contributed by atoms with van der Waals surface area (Å²) < 4.78 is 53.3. The molecule has 476 valence electrons. The van der Waals surface area contributed by atoms with Crippen LogP contribution in [0.2, 0.25) is 0 Å². The first-order valence-corrected chi connectivity index (χ1v) is 26.7. The molecule has 18 N–H and O–H groups in total. The van der Waals surface area contributed by atoms with Crippen molar-refractivity contribution in [2.75, 3.05) is 46.1 Å². The second kappa shape index (κ2) is 30.5. The molecule has 84 heavy (non-hydrogen) atoms. The number of carbonyl (C=O) groups is 8. The average molecular weight is 1210 g/mol. The zero-order chi connectivity index (χ0) is 62.0. The van der Waals surface area contributed by atoms with Gasteiger partial charge in [0.15, 0.2) is 31.5 Å². The Kier molecular flexibility index (Phi) is 24.7. The van der Waals surface area contributed by atoms with Crippen LogP contribution in [-0.4, -0.2) is 313 Å². The van der Waals surface area contributed by atoms with Gasteiger partial charge in [0.05, 0.1) is 33.0 Å². The van der Waals surface area contributed by atoms with Crippen LogP contribution in [0.3, 0.4) is 0 Å². The third kappa shape index (κ3) is 16.3. The van der Waals surface area contributed by atoms with E-state index in [9.17, 15) is 99.6 Å². The third-order valence-electron chi connectivity index (χ3n) is 14.4. The van der Waals surface area contributed by atoms with Gasteiger partial charge in [-0.3, -0.25) is 43.3 Å². The Bertz CT molecular complexity index is 2310. The third-order valence-corrected chi connectivity index (χ3v) is 14.4. The molecule has 6 rings (SSSR count). The van der Waals surface area contributed by atoms with Crippen LogP contribution in [0, 0.1) is 0 Å². The van der Waals surface area contributed by atoms with Crippen molar-refractivity contribution in [3.05, 3.63) is 12.2 Å². The molecule has 0 aliphatic carbocycles. The van der Waals surface area contributed by atoms with Gasteiger partial charge in [0.2, 0.25) is 35.4 Å². The molecule has 6 aliphatic rings. The van der Waals surface area contributed by atoms with Crippen LogP contribution in [0.4, 0.5) is 0 Å². The number of aliphatic hydroxyl groups excluding tert-OH is 12. The summed E-state index contributed by atoms with van der Waals surface area (Å²) in [6.45, 7) is -1.30. The van der Waals surface area contributed by atoms with Gasteiger partial charge in [-0.25, -0.2) is 0 Å². The minimum Gasteiger partial charge on any atom is -0.394 e. The van der Waals surface area contributed by atoms with E-state index < -0.39 is 240 Å². The minimum atomic E-state index is -2.06. The Morgan fingerprint density at radius 3 is 1.11 bits per heavy atom. The van der Waals surface area contributed by atoms with E-state index in [1.165, 1.54) is 0 Å². The van der Waals surface area contributed by atoms with Gasteiger partial charge >= 0.3 is 0 Å². The lowest BCUT2D eigenvalue weighted by Gasteiger charge is -2.51. The van der Waals surface area contributed by atoms with Crippen molar-refractivity contribution >= 4 is 47.3 Å². The Balaban J connectivity index is 1.18. The summed E-state index contributed by atoms with van der Waals surface area (Å²) in [4.78, 5) is 100. The molecular weight excluding hydrogens is 1140 g/mol. The van der Waals surface area contributed by atoms with E-state index >= 15 is 0 Å². The van der Waals surface area contributed by atoms with E-state index in [1.807, 2.05) is 0 Å². The van der Waals surface area contributed by atoms with E-state index in [0.29, 0.717) is 0 Å². The number of hydrogen-bond acceptors (Lipinski definition) is 29. The molecular formula is C48H75N7O29. The first-order chi connectivity index (χ1) is 39.8. The van der Waals surface area contributed by atoms with E-state index in [-0.39, 0.29) is 19.5 Å². The minimum absolute atomic E-state index is 0.241. The maximum Gasteiger partial charge on any atom is 0.253 e. The smallest absolute Gasteiger partial charge is 0.253 e. The molecule has 25 atom stereocenters. The molecule has 5 fully saturated rings. The Morgan fingerprint density at radius 2 is 0.750 bits per heavy atom. The molecule has 36 nitrogen and oxygen atoms in total. The van der Waals surface area contributed by atoms with Crippen LogP contribution >= 0.6 is 0 Å². The molecule has 0 saturated carbocycles. The van der Waals surface area contributed by atoms with Gasteiger partial charge in [0.1, 0.15) is 122 Å². The van der Waals surface area contributed by atoms with Crippen molar-refractivity contribution in [2.24, 2.45) is 0 Å². The molecule has 8 amide bonds. The molecule has 0 spiro atoms. The van der Waals surface area contributed by atoms with Crippen LogP contribution in [0.5, 0.6) is 0 Å². The Morgan fingerprint density at radius 1 is 0.429 bits per heavy atom. The zero-order valence-corrected chi connectivity index (χ0v) is 45.7. The summed E-state index contributed by atoms with van der Waals surface area (Å²) in [6, 6.07) is -8.48. The lowest BCUT2D eigenvalue weighted by atomic mass is 9.93. The van der Waals surface area contributed by atoms with Crippen LogP contribution in [-0.2, 0) is 81.0 Å². The first kappa shape index (κ1) is 68.0. The quantitative estimate of drug-likeness (QED) is 0.0399. The number of nitrogens with one attached hydrogen (secondary N) is 6. The van der Waals surface area contributed by atoms with Gasteiger partial charge in [-0.2, -0.15) is 0 Å². The average Bonchev–Trinajstić information content (AvgIpc) is 3.52. The van der Waals surface area contributed by atoms with E-state index in [2.05, 4.69) is 31.9 Å². The number of nitrogens with zero attached hydrogens (tertiary/aromatic N) is 1. The molecule has 0 radical (unpaired) electrons. The number of carbonyl (C=O) groups excluding carboxylic acids is 8. The fourth-order valence-corrected chi connectivity index (χ4v) is 10.4. The van der Waals surface area contributed by atoms with Gasteiger partial charge in [-0.1, -0.05) is 0 Å². The summed E-state index contributed by atoms with van der Waals surface area (Å²) in [5.41, 5.74) is 0. The SMILES string of the molecule is CC(=O)N[C@H]1[C@H](OC2[C@@H](CO)O[C@@H](OC3[C@@H](CO)O[C@@H](OC4[C@@H](CO)OC(O)[C@H](NC(C)=O)[C@H]4O)[C@H](NC(C)=O)[C@H]3O)[C@H](NC(C)=O)[C@H]2O)O[C@H](CO)C(O[C@@H]2O[C@H](CO)[C@@H](O)[C@H](O)[C@H]2NC(=O)CCNC(=O)CCN2C(=O)C=CC2=O)[C@@H]1O. The van der Waals surface area contributed by atoms with Crippen molar-refractivity contribution in [3.8, 4) is 0 Å². The highest BCUT2D eigenvalue weighted by Gasteiger charge is 2.58. The van der Waals surface area contributed by atoms with Crippen molar-refractivity contribution in [1.29, 1.82) is 0 Å². The number of ether oxygens (including phenoxy) is 9. The summed E-state index contributed by atoms with van der Waals surface area (Å²) in [5, 5.41) is 146. The zero-order valence-electron chi connectivity index (χ0n) is 45.7. The topological polar surface area (TPSA) is 538 Å². The summed E-state index contributed by atoms with van der Waals surface area (Å²) >= 11 is 0. The lowest BCUT2D eigenvalue weighted by Crippen LogP contribution is -2.72. The number of rotatable bonds is 24. The van der Waals surface area contributed by atoms with Crippen molar-refractivity contribution in [2.45, 2.75) is 194 Å². The van der Waals surface area contributed by atoms with E-state index in [4.69, 9.17) is 42.6 Å². The molecule has 0 aromatic carbocycles. The molecule has 5 unspecified atom stereocenters. The van der Waals surface area contributed by atoms with E-state index in [0.717, 1.165) is 44.7 Å². The molecule has 6 aliphatic heterocycles. The highest BCUT2D eigenvalue weighted by molar-refractivity contribution is 6.13. The number of amides is 8. The predicted octanol–water partition coefficient (Wildman–Crippen LogP) is -12.4. The second-order valence-corrected chi connectivity index (χ2v) is 20.5. The summed E-state index contributed by atoms with van der Waals surface area (Å²) in [7, 11) is 0. The molecule has 0 bridgehead atoms. The van der Waals surface area contributed by atoms with Crippen LogP contribution in [0.1, 0.15) is 40.5 Å².